The van der Waals surface area contributed by atoms with E-state index < -0.39 is 0 Å². The first-order chi connectivity index (χ1) is 11.2. The van der Waals surface area contributed by atoms with Gasteiger partial charge >= 0.3 is 7.12 Å². The molecule has 4 heteroatoms. The molecule has 4 aliphatic rings. The summed E-state index contributed by atoms with van der Waals surface area (Å²) in [5.74, 6) is 1.55. The molecule has 3 nitrogen and oxygen atoms in total. The zero-order valence-electron chi connectivity index (χ0n) is 15.8. The van der Waals surface area contributed by atoms with Crippen molar-refractivity contribution < 1.29 is 15.0 Å². The molecule has 1 heterocycles. The lowest BCUT2D eigenvalue weighted by Crippen LogP contribution is -2.70. The molecule has 1 aromatic rings. The highest BCUT2D eigenvalue weighted by Crippen LogP contribution is 2.65. The summed E-state index contributed by atoms with van der Waals surface area (Å²) < 4.78 is 12.9. The van der Waals surface area contributed by atoms with Crippen molar-refractivity contribution in [1.82, 2.24) is 0 Å². The van der Waals surface area contributed by atoms with Gasteiger partial charge < -0.3 is 15.0 Å². The highest BCUT2D eigenvalue weighted by Gasteiger charge is 2.68. The Labute approximate surface area is 146 Å². The summed E-state index contributed by atoms with van der Waals surface area (Å²) in [6.07, 6.45) is 3.61. The lowest BCUT2D eigenvalue weighted by molar-refractivity contribution is -0.397. The van der Waals surface area contributed by atoms with Crippen LogP contribution in [0.15, 0.2) is 18.2 Å². The molecule has 1 aromatic carbocycles. The summed E-state index contributed by atoms with van der Waals surface area (Å²) in [5.41, 5.74) is 8.68. The van der Waals surface area contributed by atoms with Gasteiger partial charge in [-0.05, 0) is 62.0 Å². The molecule has 4 fully saturated rings. The maximum atomic E-state index is 6.55. The topological polar surface area (TPSA) is 46.1 Å². The smallest absolute Gasteiger partial charge is 0.401 e. The average Bonchev–Trinajstić information content (AvgIpc) is 2.86. The SMILES string of the molecule is Cc1ccc(C[C@H]([NH3+])B2O[C@@H]3C[C@@H]4C[C@@H](C4(C)C)[C@]3(C)O2)c(C)c1. The van der Waals surface area contributed by atoms with Crippen LogP contribution in [0, 0.1) is 31.1 Å². The van der Waals surface area contributed by atoms with Crippen LogP contribution in [0.25, 0.3) is 0 Å². The van der Waals surface area contributed by atoms with E-state index in [4.69, 9.17) is 9.31 Å². The summed E-state index contributed by atoms with van der Waals surface area (Å²) in [5, 5.41) is 0. The normalized spacial score (nSPS) is 37.8. The second kappa shape index (κ2) is 5.33. The molecule has 24 heavy (non-hydrogen) atoms. The van der Waals surface area contributed by atoms with Crippen LogP contribution >= 0.6 is 0 Å². The minimum Gasteiger partial charge on any atom is -0.401 e. The van der Waals surface area contributed by atoms with E-state index in [-0.39, 0.29) is 24.8 Å². The van der Waals surface area contributed by atoms with E-state index in [0.29, 0.717) is 11.3 Å². The summed E-state index contributed by atoms with van der Waals surface area (Å²) >= 11 is 0. The predicted molar refractivity (Wildman–Crippen MR) is 96.4 cm³/mol. The van der Waals surface area contributed by atoms with Crippen molar-refractivity contribution in [3.8, 4) is 0 Å². The third-order valence-electron chi connectivity index (χ3n) is 7.33. The third kappa shape index (κ3) is 2.30. The molecule has 0 amide bonds. The van der Waals surface area contributed by atoms with Gasteiger partial charge in [-0.3, -0.25) is 0 Å². The molecule has 130 valence electrons. The molecule has 0 radical (unpaired) electrons. The molecule has 0 spiro atoms. The largest absolute Gasteiger partial charge is 0.521 e. The number of hydrogen-bond donors (Lipinski definition) is 1. The minimum atomic E-state index is -0.171. The Kier molecular flexibility index (Phi) is 3.69. The molecule has 5 rings (SSSR count). The Hall–Kier alpha value is -0.835. The maximum absolute atomic E-state index is 6.55. The van der Waals surface area contributed by atoms with Gasteiger partial charge in [-0.15, -0.1) is 0 Å². The van der Waals surface area contributed by atoms with Gasteiger partial charge in [0, 0.05) is 6.42 Å². The second-order valence-electron chi connectivity index (χ2n) is 9.23. The lowest BCUT2D eigenvalue weighted by atomic mass is 9.43. The second-order valence-corrected chi connectivity index (χ2v) is 9.23. The molecule has 3 aliphatic carbocycles. The first kappa shape index (κ1) is 16.6. The fraction of sp³-hybridized carbons (Fsp3) is 0.700. The molecule has 5 atom stereocenters. The number of aryl methyl sites for hydroxylation is 2. The van der Waals surface area contributed by atoms with Crippen molar-refractivity contribution in [2.75, 3.05) is 0 Å². The molecular weight excluding hydrogens is 297 g/mol. The van der Waals surface area contributed by atoms with E-state index in [1.807, 2.05) is 0 Å². The first-order valence-corrected chi connectivity index (χ1v) is 9.44. The van der Waals surface area contributed by atoms with Gasteiger partial charge in [0.05, 0.1) is 11.7 Å². The Morgan fingerprint density at radius 3 is 2.67 bits per heavy atom. The molecule has 0 unspecified atom stereocenters. The molecule has 0 aromatic heterocycles. The molecule has 3 saturated carbocycles. The van der Waals surface area contributed by atoms with E-state index in [2.05, 4.69) is 58.6 Å². The lowest BCUT2D eigenvalue weighted by Gasteiger charge is -2.64. The first-order valence-electron chi connectivity index (χ1n) is 9.44. The van der Waals surface area contributed by atoms with Crippen LogP contribution in [-0.2, 0) is 15.7 Å². The highest BCUT2D eigenvalue weighted by molar-refractivity contribution is 6.46. The fourth-order valence-electron chi connectivity index (χ4n) is 5.55. The van der Waals surface area contributed by atoms with Crippen molar-refractivity contribution >= 4 is 7.12 Å². The van der Waals surface area contributed by atoms with E-state index in [0.717, 1.165) is 18.8 Å². The van der Waals surface area contributed by atoms with Crippen molar-refractivity contribution in [3.05, 3.63) is 34.9 Å². The maximum Gasteiger partial charge on any atom is 0.521 e. The fourth-order valence-corrected chi connectivity index (χ4v) is 5.55. The molecule has 2 bridgehead atoms. The van der Waals surface area contributed by atoms with Crippen molar-refractivity contribution in [1.29, 1.82) is 0 Å². The van der Waals surface area contributed by atoms with Crippen LogP contribution in [0.3, 0.4) is 0 Å². The van der Waals surface area contributed by atoms with Crippen molar-refractivity contribution in [2.24, 2.45) is 17.3 Å². The number of hydrogen-bond acceptors (Lipinski definition) is 2. The quantitative estimate of drug-likeness (QED) is 0.867. The van der Waals surface area contributed by atoms with Crippen LogP contribution in [-0.4, -0.2) is 24.8 Å². The van der Waals surface area contributed by atoms with Gasteiger partial charge in [0.1, 0.15) is 5.94 Å². The van der Waals surface area contributed by atoms with Crippen LogP contribution in [0.2, 0.25) is 0 Å². The van der Waals surface area contributed by atoms with Crippen LogP contribution in [0.5, 0.6) is 0 Å². The average molecular weight is 328 g/mol. The van der Waals surface area contributed by atoms with Gasteiger partial charge in [-0.1, -0.05) is 37.6 Å². The summed E-state index contributed by atoms with van der Waals surface area (Å²) in [7, 11) is -0.171. The van der Waals surface area contributed by atoms with Gasteiger partial charge in [0.15, 0.2) is 0 Å². The van der Waals surface area contributed by atoms with Crippen LogP contribution < -0.4 is 5.73 Å². The van der Waals surface area contributed by atoms with E-state index in [9.17, 15) is 0 Å². The van der Waals surface area contributed by atoms with Crippen LogP contribution in [0.1, 0.15) is 50.3 Å². The summed E-state index contributed by atoms with van der Waals surface area (Å²) in [4.78, 5) is 0. The Morgan fingerprint density at radius 2 is 2.00 bits per heavy atom. The number of quaternary nitrogens is 1. The van der Waals surface area contributed by atoms with Gasteiger partial charge in [-0.25, -0.2) is 0 Å². The number of benzene rings is 1. The zero-order valence-corrected chi connectivity index (χ0v) is 15.8. The van der Waals surface area contributed by atoms with Crippen LogP contribution in [0.4, 0.5) is 0 Å². The van der Waals surface area contributed by atoms with Crippen molar-refractivity contribution in [2.45, 2.75) is 71.5 Å². The summed E-state index contributed by atoms with van der Waals surface area (Å²) in [6, 6.07) is 6.66. The standard InChI is InChI=1S/C20H30BNO2/c1-12-6-7-14(13(2)8-12)9-18(22)21-23-17-11-15-10-16(19(15,3)4)20(17,5)24-21/h6-8,15-18H,9-11,22H2,1-5H3/p+1/t15-,16-,17+,18-,20-/m0/s1. The van der Waals surface area contributed by atoms with Crippen molar-refractivity contribution in [3.63, 3.8) is 0 Å². The Morgan fingerprint density at radius 1 is 1.25 bits per heavy atom. The highest BCUT2D eigenvalue weighted by atomic mass is 16.7. The van der Waals surface area contributed by atoms with E-state index >= 15 is 0 Å². The Balaban J connectivity index is 1.48. The molecule has 1 saturated heterocycles. The minimum absolute atomic E-state index is 0.124. The van der Waals surface area contributed by atoms with E-state index in [1.54, 1.807) is 0 Å². The van der Waals surface area contributed by atoms with Gasteiger partial charge in [0.2, 0.25) is 0 Å². The molecule has 3 N–H and O–H groups in total. The monoisotopic (exact) mass is 328 g/mol. The van der Waals surface area contributed by atoms with Gasteiger partial charge in [-0.2, -0.15) is 0 Å². The van der Waals surface area contributed by atoms with Gasteiger partial charge in [0.25, 0.3) is 0 Å². The number of rotatable bonds is 3. The van der Waals surface area contributed by atoms with E-state index in [1.165, 1.54) is 23.1 Å². The third-order valence-corrected chi connectivity index (χ3v) is 7.33. The molecule has 1 aliphatic heterocycles. The predicted octanol–water partition coefficient (Wildman–Crippen LogP) is 2.72. The molecular formula is C20H31BNO2+. The summed E-state index contributed by atoms with van der Waals surface area (Å²) in [6.45, 7) is 11.4. The Bertz CT molecular complexity index is 661. The zero-order chi connectivity index (χ0) is 17.3.